The van der Waals surface area contributed by atoms with Crippen molar-refractivity contribution in [3.63, 3.8) is 0 Å². The predicted molar refractivity (Wildman–Crippen MR) is 147 cm³/mol. The number of aliphatic hydroxyl groups excluding tert-OH is 2. The summed E-state index contributed by atoms with van der Waals surface area (Å²) in [4.78, 5) is 2.08. The van der Waals surface area contributed by atoms with Crippen LogP contribution in [-0.2, 0) is 11.8 Å². The van der Waals surface area contributed by atoms with E-state index in [0.29, 0.717) is 24.9 Å². The number of fused-ring (bicyclic) bond motifs is 2. The van der Waals surface area contributed by atoms with Gasteiger partial charge in [-0.3, -0.25) is 0 Å². The lowest BCUT2D eigenvalue weighted by Crippen LogP contribution is -2.63. The van der Waals surface area contributed by atoms with Gasteiger partial charge in [0.15, 0.2) is 0 Å². The summed E-state index contributed by atoms with van der Waals surface area (Å²) in [5.41, 5.74) is 1.30. The van der Waals surface area contributed by atoms with Gasteiger partial charge >= 0.3 is 0 Å². The molecule has 2 aromatic carbocycles. The highest BCUT2D eigenvalue weighted by Crippen LogP contribution is 2.62. The van der Waals surface area contributed by atoms with Crippen LogP contribution in [0.4, 0.5) is 10.1 Å². The second-order valence-corrected chi connectivity index (χ2v) is 11.5. The number of nitrogens with zero attached hydrogens (tertiary/aromatic N) is 2. The van der Waals surface area contributed by atoms with E-state index in [4.69, 9.17) is 4.74 Å². The number of para-hydroxylation sites is 1. The number of hydrogen-bond acceptors (Lipinski definition) is 5. The monoisotopic (exact) mass is 522 g/mol. The number of halogens is 1. The summed E-state index contributed by atoms with van der Waals surface area (Å²) in [5, 5.41) is 36.9. The average molecular weight is 523 g/mol. The number of aryl methyl sites for hydroxylation is 1. The summed E-state index contributed by atoms with van der Waals surface area (Å²) in [6.07, 6.45) is 2.68. The Hall–Kier alpha value is -2.71. The first-order chi connectivity index (χ1) is 18.0. The van der Waals surface area contributed by atoms with Crippen LogP contribution in [0, 0.1) is 11.7 Å². The maximum atomic E-state index is 14.1. The highest BCUT2D eigenvalue weighted by atomic mass is 19.1. The Morgan fingerprint density at radius 1 is 1.18 bits per heavy atom. The van der Waals surface area contributed by atoms with Crippen LogP contribution < -0.4 is 4.90 Å². The van der Waals surface area contributed by atoms with Gasteiger partial charge in [0.05, 0.1) is 35.5 Å². The van der Waals surface area contributed by atoms with E-state index in [0.717, 1.165) is 22.0 Å². The minimum Gasteiger partial charge on any atom is -0.390 e. The van der Waals surface area contributed by atoms with Gasteiger partial charge in [-0.1, -0.05) is 29.8 Å². The molecule has 0 spiro atoms. The van der Waals surface area contributed by atoms with Crippen LogP contribution >= 0.6 is 0 Å². The molecule has 2 heterocycles. The van der Waals surface area contributed by atoms with Crippen LogP contribution in [0.5, 0.6) is 0 Å². The number of ether oxygens (including phenoxy) is 1. The Labute approximate surface area is 224 Å². The molecule has 7 heteroatoms. The van der Waals surface area contributed by atoms with Gasteiger partial charge in [0.2, 0.25) is 0 Å². The Kier molecular flexibility index (Phi) is 6.93. The molecule has 3 aromatic rings. The van der Waals surface area contributed by atoms with Crippen molar-refractivity contribution in [2.24, 2.45) is 13.0 Å². The summed E-state index contributed by atoms with van der Waals surface area (Å²) in [6.45, 7) is 5.92. The number of hydrogen-bond donors (Lipinski definition) is 3. The molecular formula is C31H39FN2O4. The van der Waals surface area contributed by atoms with Crippen molar-refractivity contribution >= 4 is 16.6 Å². The van der Waals surface area contributed by atoms with Gasteiger partial charge in [0.1, 0.15) is 5.82 Å². The molecule has 38 heavy (non-hydrogen) atoms. The van der Waals surface area contributed by atoms with E-state index in [1.807, 2.05) is 68.9 Å². The van der Waals surface area contributed by atoms with Gasteiger partial charge in [-0.2, -0.15) is 0 Å². The van der Waals surface area contributed by atoms with Gasteiger partial charge in [-0.15, -0.1) is 0 Å². The van der Waals surface area contributed by atoms with E-state index in [2.05, 4.69) is 4.90 Å². The SMILES string of the molecule is CO[C@@H]1[C@H](O)CC[C@]2(O)[C@H](c3cn(C)c4ccccc34)N(c3ccc(F)cc3)[C@](C)([C@H](O)CC=C(C)C)[C@@H]12. The van der Waals surface area contributed by atoms with Crippen LogP contribution in [0.1, 0.15) is 51.6 Å². The Bertz CT molecular complexity index is 1330. The third-order valence-electron chi connectivity index (χ3n) is 8.99. The number of anilines is 1. The summed E-state index contributed by atoms with van der Waals surface area (Å²) in [7, 11) is 3.53. The molecule has 2 aliphatic rings. The van der Waals surface area contributed by atoms with Gasteiger partial charge in [0, 0.05) is 48.4 Å². The third kappa shape index (κ3) is 3.99. The maximum Gasteiger partial charge on any atom is 0.123 e. The molecule has 5 rings (SSSR count). The molecule has 1 aliphatic heterocycles. The van der Waals surface area contributed by atoms with Gasteiger partial charge in [-0.25, -0.2) is 4.39 Å². The Morgan fingerprint density at radius 3 is 2.53 bits per heavy atom. The number of benzene rings is 2. The molecule has 1 aliphatic carbocycles. The zero-order valence-electron chi connectivity index (χ0n) is 22.8. The van der Waals surface area contributed by atoms with Crippen molar-refractivity contribution in [2.45, 2.75) is 75.5 Å². The van der Waals surface area contributed by atoms with E-state index in [1.165, 1.54) is 12.1 Å². The fourth-order valence-electron chi connectivity index (χ4n) is 7.28. The van der Waals surface area contributed by atoms with Crippen LogP contribution in [0.2, 0.25) is 0 Å². The lowest BCUT2D eigenvalue weighted by Gasteiger charge is -2.50. The smallest absolute Gasteiger partial charge is 0.123 e. The first kappa shape index (κ1) is 26.9. The van der Waals surface area contributed by atoms with Crippen molar-refractivity contribution in [3.05, 3.63) is 77.8 Å². The topological polar surface area (TPSA) is 78.1 Å². The molecular weight excluding hydrogens is 483 g/mol. The number of aromatic nitrogens is 1. The van der Waals surface area contributed by atoms with Crippen molar-refractivity contribution in [2.75, 3.05) is 12.0 Å². The van der Waals surface area contributed by atoms with Crippen LogP contribution in [-0.4, -0.2) is 56.4 Å². The quantitative estimate of drug-likeness (QED) is 0.403. The van der Waals surface area contributed by atoms with Crippen LogP contribution in [0.25, 0.3) is 10.9 Å². The summed E-state index contributed by atoms with van der Waals surface area (Å²) in [5.74, 6) is -0.999. The Balaban J connectivity index is 1.82. The summed E-state index contributed by atoms with van der Waals surface area (Å²) in [6, 6.07) is 13.7. The van der Waals surface area contributed by atoms with Gasteiger partial charge in [0.25, 0.3) is 0 Å². The lowest BCUT2D eigenvalue weighted by molar-refractivity contribution is -0.171. The van der Waals surface area contributed by atoms with Crippen LogP contribution in [0.15, 0.2) is 66.4 Å². The number of allylic oxidation sites excluding steroid dienone is 1. The normalized spacial score (nSPS) is 31.9. The first-order valence-electron chi connectivity index (χ1n) is 13.4. The highest BCUT2D eigenvalue weighted by Gasteiger charge is 2.71. The molecule has 3 N–H and O–H groups in total. The van der Waals surface area contributed by atoms with Crippen molar-refractivity contribution in [3.8, 4) is 0 Å². The molecule has 7 atom stereocenters. The van der Waals surface area contributed by atoms with Crippen molar-refractivity contribution < 1.29 is 24.4 Å². The van der Waals surface area contributed by atoms with E-state index in [9.17, 15) is 19.7 Å². The zero-order valence-corrected chi connectivity index (χ0v) is 22.8. The number of aliphatic hydroxyl groups is 3. The third-order valence-corrected chi connectivity index (χ3v) is 8.99. The largest absolute Gasteiger partial charge is 0.390 e. The molecule has 204 valence electrons. The molecule has 0 radical (unpaired) electrons. The zero-order chi connectivity index (χ0) is 27.4. The average Bonchev–Trinajstić information content (AvgIpc) is 3.33. The molecule has 0 unspecified atom stereocenters. The maximum absolute atomic E-state index is 14.1. The molecule has 0 bridgehead atoms. The number of rotatable bonds is 6. The highest BCUT2D eigenvalue weighted by molar-refractivity contribution is 5.85. The summed E-state index contributed by atoms with van der Waals surface area (Å²) >= 11 is 0. The molecule has 1 aromatic heterocycles. The number of methoxy groups -OCH3 is 1. The standard InChI is InChI=1S/C31H39FN2O4/c1-19(2)10-15-26(36)30(3)28-27(38-5)25(35)16-17-31(28,37)29(34(30)21-13-11-20(32)12-14-21)23-18-33(4)24-9-7-6-8-22(23)24/h6-14,18,25-29,35-37H,15-17H2,1-5H3/t25-,26-,27-,28-,29+,30-,31-/m1/s1. The second-order valence-electron chi connectivity index (χ2n) is 11.5. The minimum atomic E-state index is -1.35. The summed E-state index contributed by atoms with van der Waals surface area (Å²) < 4.78 is 22.1. The fraction of sp³-hybridized carbons (Fsp3) is 0.484. The predicted octanol–water partition coefficient (Wildman–Crippen LogP) is 4.87. The minimum absolute atomic E-state index is 0.329. The molecule has 1 saturated heterocycles. The lowest BCUT2D eigenvalue weighted by atomic mass is 9.63. The fourth-order valence-corrected chi connectivity index (χ4v) is 7.28. The van der Waals surface area contributed by atoms with E-state index >= 15 is 0 Å². The molecule has 6 nitrogen and oxygen atoms in total. The van der Waals surface area contributed by atoms with Gasteiger partial charge in [-0.05, 0) is 70.4 Å². The second kappa shape index (κ2) is 9.79. The first-order valence-corrected chi connectivity index (χ1v) is 13.4. The van der Waals surface area contributed by atoms with E-state index in [1.54, 1.807) is 19.2 Å². The Morgan fingerprint density at radius 2 is 1.87 bits per heavy atom. The van der Waals surface area contributed by atoms with Crippen LogP contribution in [0.3, 0.4) is 0 Å². The van der Waals surface area contributed by atoms with Crippen molar-refractivity contribution in [1.82, 2.24) is 4.57 Å². The van der Waals surface area contributed by atoms with E-state index < -0.39 is 41.4 Å². The molecule has 1 saturated carbocycles. The van der Waals surface area contributed by atoms with Gasteiger partial charge < -0.3 is 29.5 Å². The molecule has 0 amide bonds. The van der Waals surface area contributed by atoms with Crippen molar-refractivity contribution in [1.29, 1.82) is 0 Å². The van der Waals surface area contributed by atoms with E-state index in [-0.39, 0.29) is 5.82 Å². The molecule has 2 fully saturated rings.